The standard InChI is InChI=1S/C27H35F2NO3.C3H8.C2H6O.CH2O/c1-5-22-23(28)16-21(17-24(22)29)19-10-11-25-20(15-19)9-7-6-8-12-30(13-14-32-25)26(31)33-18-27(2,3)4;2*1-3-2;1-2/h10-11,15-17H,5-9,12-14,18H2,1-4H3;3H2,1-2H3;1-2H3;1H2. The highest BCUT2D eigenvalue weighted by Gasteiger charge is 2.20. The number of rotatable bonds is 3. The molecule has 0 saturated heterocycles. The monoisotopic (exact) mass is 579 g/mol. The largest absolute Gasteiger partial charge is 0.491 e. The third-order valence-electron chi connectivity index (χ3n) is 5.77. The maximum absolute atomic E-state index is 14.3. The average Bonchev–Trinajstić information content (AvgIpc) is 2.97. The lowest BCUT2D eigenvalue weighted by Crippen LogP contribution is -2.37. The van der Waals surface area contributed by atoms with E-state index < -0.39 is 11.6 Å². The second-order valence-corrected chi connectivity index (χ2v) is 11.0. The molecule has 0 bridgehead atoms. The lowest BCUT2D eigenvalue weighted by Gasteiger charge is -2.25. The molecule has 232 valence electrons. The van der Waals surface area contributed by atoms with Gasteiger partial charge in [0.1, 0.15) is 30.8 Å². The summed E-state index contributed by atoms with van der Waals surface area (Å²) in [4.78, 5) is 22.2. The van der Waals surface area contributed by atoms with Crippen LogP contribution in [0.5, 0.6) is 5.75 Å². The molecule has 0 aliphatic carbocycles. The molecule has 0 spiro atoms. The van der Waals surface area contributed by atoms with Crippen molar-refractivity contribution in [3.8, 4) is 16.9 Å². The van der Waals surface area contributed by atoms with Gasteiger partial charge < -0.3 is 23.9 Å². The van der Waals surface area contributed by atoms with E-state index in [0.29, 0.717) is 38.3 Å². The maximum atomic E-state index is 14.3. The van der Waals surface area contributed by atoms with Gasteiger partial charge in [0.25, 0.3) is 0 Å². The molecule has 0 radical (unpaired) electrons. The molecular weight excluding hydrogens is 528 g/mol. The second-order valence-electron chi connectivity index (χ2n) is 11.0. The number of benzene rings is 2. The highest BCUT2D eigenvalue weighted by molar-refractivity contribution is 5.68. The third-order valence-corrected chi connectivity index (χ3v) is 5.77. The minimum absolute atomic E-state index is 0.0832. The van der Waals surface area contributed by atoms with Crippen molar-refractivity contribution in [3.05, 3.63) is 53.1 Å². The average molecular weight is 580 g/mol. The van der Waals surface area contributed by atoms with E-state index in [1.165, 1.54) is 18.6 Å². The molecule has 0 aromatic heterocycles. The van der Waals surface area contributed by atoms with Gasteiger partial charge >= 0.3 is 6.09 Å². The quantitative estimate of drug-likeness (QED) is 0.366. The van der Waals surface area contributed by atoms with Crippen LogP contribution >= 0.6 is 0 Å². The number of amides is 1. The summed E-state index contributed by atoms with van der Waals surface area (Å²) in [7, 11) is 3.25. The van der Waals surface area contributed by atoms with E-state index in [0.717, 1.165) is 42.6 Å². The van der Waals surface area contributed by atoms with Gasteiger partial charge in [0.15, 0.2) is 0 Å². The highest BCUT2D eigenvalue weighted by atomic mass is 19.1. The topological polar surface area (TPSA) is 65.1 Å². The van der Waals surface area contributed by atoms with Gasteiger partial charge in [-0.25, -0.2) is 13.6 Å². The van der Waals surface area contributed by atoms with Gasteiger partial charge in [0.05, 0.1) is 13.2 Å². The summed E-state index contributed by atoms with van der Waals surface area (Å²) in [5.41, 5.74) is 2.33. The van der Waals surface area contributed by atoms with Gasteiger partial charge in [0.2, 0.25) is 0 Å². The number of fused-ring (bicyclic) bond motifs is 1. The van der Waals surface area contributed by atoms with Crippen molar-refractivity contribution in [1.29, 1.82) is 0 Å². The number of carbonyl (C=O) groups excluding carboxylic acids is 2. The van der Waals surface area contributed by atoms with E-state index in [-0.39, 0.29) is 17.1 Å². The number of halogens is 2. The molecule has 0 saturated carbocycles. The first-order valence-corrected chi connectivity index (χ1v) is 14.4. The summed E-state index contributed by atoms with van der Waals surface area (Å²) in [5, 5.41) is 0. The molecule has 1 amide bonds. The summed E-state index contributed by atoms with van der Waals surface area (Å²) in [6.45, 7) is 15.9. The molecule has 2 aromatic rings. The first-order valence-electron chi connectivity index (χ1n) is 14.4. The fourth-order valence-corrected chi connectivity index (χ4v) is 3.93. The Morgan fingerprint density at radius 3 is 2.07 bits per heavy atom. The zero-order valence-corrected chi connectivity index (χ0v) is 26.4. The Balaban J connectivity index is 0.00000180. The van der Waals surface area contributed by atoms with Crippen molar-refractivity contribution in [2.75, 3.05) is 40.5 Å². The van der Waals surface area contributed by atoms with Crippen LogP contribution in [0.15, 0.2) is 30.3 Å². The molecule has 6 nitrogen and oxygen atoms in total. The molecule has 0 N–H and O–H groups in total. The van der Waals surface area contributed by atoms with Crippen LogP contribution in [0.3, 0.4) is 0 Å². The maximum Gasteiger partial charge on any atom is 0.409 e. The number of hydrogen-bond donors (Lipinski definition) is 0. The fraction of sp³-hybridized carbons (Fsp3) is 0.576. The SMILES string of the molecule is C=O.CCC.CCc1c(F)cc(-c2ccc3c(c2)CCCCCN(C(=O)OCC(C)(C)C)CCO3)cc1F.COC. The van der Waals surface area contributed by atoms with Crippen molar-refractivity contribution in [1.82, 2.24) is 4.90 Å². The first kappa shape index (κ1) is 38.0. The van der Waals surface area contributed by atoms with Crippen molar-refractivity contribution in [3.63, 3.8) is 0 Å². The Labute approximate surface area is 246 Å². The lowest BCUT2D eigenvalue weighted by molar-refractivity contribution is -0.0980. The van der Waals surface area contributed by atoms with Gasteiger partial charge in [-0.1, -0.05) is 60.5 Å². The smallest absolute Gasteiger partial charge is 0.409 e. The Hall–Kier alpha value is -3.00. The van der Waals surface area contributed by atoms with Crippen LogP contribution in [0.1, 0.15) is 78.4 Å². The normalized spacial score (nSPS) is 13.3. The Morgan fingerprint density at radius 1 is 0.951 bits per heavy atom. The predicted octanol–water partition coefficient (Wildman–Crippen LogP) is 8.28. The van der Waals surface area contributed by atoms with Crippen molar-refractivity contribution in [2.45, 2.75) is 80.1 Å². The summed E-state index contributed by atoms with van der Waals surface area (Å²) in [5.74, 6) is -0.285. The number of methoxy groups -OCH3 is 1. The van der Waals surface area contributed by atoms with Gasteiger partial charge in [-0.15, -0.1) is 0 Å². The van der Waals surface area contributed by atoms with Crippen molar-refractivity contribution in [2.24, 2.45) is 5.41 Å². The fourth-order valence-electron chi connectivity index (χ4n) is 3.93. The van der Waals surface area contributed by atoms with Crippen LogP contribution in [-0.2, 0) is 27.1 Å². The van der Waals surface area contributed by atoms with Crippen molar-refractivity contribution >= 4 is 12.9 Å². The van der Waals surface area contributed by atoms with E-state index in [4.69, 9.17) is 14.3 Å². The number of ether oxygens (including phenoxy) is 3. The molecule has 3 rings (SSSR count). The number of carbonyl (C=O) groups is 2. The predicted molar refractivity (Wildman–Crippen MR) is 163 cm³/mol. The molecule has 1 aliphatic rings. The van der Waals surface area contributed by atoms with Crippen LogP contribution in [0, 0.1) is 17.0 Å². The Bertz CT molecular complexity index is 998. The lowest BCUT2D eigenvalue weighted by atomic mass is 9.97. The third kappa shape index (κ3) is 14.5. The van der Waals surface area contributed by atoms with E-state index in [1.54, 1.807) is 26.0 Å². The van der Waals surface area contributed by atoms with E-state index in [2.05, 4.69) is 18.6 Å². The molecule has 41 heavy (non-hydrogen) atoms. The first-order chi connectivity index (χ1) is 19.5. The zero-order valence-electron chi connectivity index (χ0n) is 26.4. The molecule has 1 aliphatic heterocycles. The number of aryl methyl sites for hydroxylation is 1. The minimum atomic E-state index is -0.515. The van der Waals surface area contributed by atoms with E-state index >= 15 is 0 Å². The van der Waals surface area contributed by atoms with E-state index in [9.17, 15) is 13.6 Å². The van der Waals surface area contributed by atoms with Crippen LogP contribution in [0.4, 0.5) is 13.6 Å². The Morgan fingerprint density at radius 2 is 1.54 bits per heavy atom. The summed E-state index contributed by atoms with van der Waals surface area (Å²) >= 11 is 0. The molecule has 0 fully saturated rings. The van der Waals surface area contributed by atoms with Gasteiger partial charge in [-0.05, 0) is 72.1 Å². The molecule has 1 heterocycles. The van der Waals surface area contributed by atoms with E-state index in [1.807, 2.05) is 45.8 Å². The number of nitrogens with zero attached hydrogens (tertiary/aromatic N) is 1. The molecule has 2 aromatic carbocycles. The molecule has 0 unspecified atom stereocenters. The summed E-state index contributed by atoms with van der Waals surface area (Å²) in [6.07, 6.45) is 4.84. The molecule has 0 atom stereocenters. The highest BCUT2D eigenvalue weighted by Crippen LogP contribution is 2.31. The minimum Gasteiger partial charge on any atom is -0.491 e. The van der Waals surface area contributed by atoms with Crippen LogP contribution in [0.25, 0.3) is 11.1 Å². The molecular formula is C33H51F2NO5. The van der Waals surface area contributed by atoms with Crippen LogP contribution in [-0.4, -0.2) is 58.3 Å². The summed E-state index contributed by atoms with van der Waals surface area (Å²) < 4.78 is 44.4. The van der Waals surface area contributed by atoms with Crippen LogP contribution < -0.4 is 4.74 Å². The van der Waals surface area contributed by atoms with Gasteiger partial charge in [-0.2, -0.15) is 0 Å². The van der Waals surface area contributed by atoms with Gasteiger partial charge in [-0.3, -0.25) is 0 Å². The van der Waals surface area contributed by atoms with Crippen LogP contribution in [0.2, 0.25) is 0 Å². The Kier molecular flexibility index (Phi) is 19.3. The van der Waals surface area contributed by atoms with Gasteiger partial charge in [0, 0.05) is 26.3 Å². The second kappa shape index (κ2) is 20.8. The zero-order chi connectivity index (χ0) is 31.4. The molecule has 8 heteroatoms. The summed E-state index contributed by atoms with van der Waals surface area (Å²) in [6, 6.07) is 8.44. The van der Waals surface area contributed by atoms with Crippen molar-refractivity contribution < 1.29 is 32.6 Å². The number of hydrogen-bond acceptors (Lipinski definition) is 5.